The number of hydrogen-bond donors (Lipinski definition) is 2. The summed E-state index contributed by atoms with van der Waals surface area (Å²) in [5.74, 6) is -0.172. The summed E-state index contributed by atoms with van der Waals surface area (Å²) in [5, 5.41) is 5.83. The summed E-state index contributed by atoms with van der Waals surface area (Å²) in [5.41, 5.74) is 3.23. The van der Waals surface area contributed by atoms with Crippen LogP contribution in [0, 0.1) is 6.92 Å². The summed E-state index contributed by atoms with van der Waals surface area (Å²) in [6, 6.07) is 5.71. The minimum Gasteiger partial charge on any atom is -0.355 e. The van der Waals surface area contributed by atoms with E-state index < -0.39 is 0 Å². The maximum atomic E-state index is 12.2. The lowest BCUT2D eigenvalue weighted by molar-refractivity contribution is -0.122. The quantitative estimate of drug-likeness (QED) is 0.629. The van der Waals surface area contributed by atoms with Crippen molar-refractivity contribution in [1.29, 1.82) is 0 Å². The Balaban J connectivity index is 1.68. The second kappa shape index (κ2) is 10.5. The fourth-order valence-corrected chi connectivity index (χ4v) is 3.53. The zero-order valence-corrected chi connectivity index (χ0v) is 17.2. The van der Waals surface area contributed by atoms with Gasteiger partial charge in [0, 0.05) is 16.7 Å². The van der Waals surface area contributed by atoms with E-state index in [0.717, 1.165) is 28.6 Å². The van der Waals surface area contributed by atoms with Crippen LogP contribution in [0.1, 0.15) is 37.7 Å². The van der Waals surface area contributed by atoms with Crippen LogP contribution in [0.4, 0.5) is 5.69 Å². The van der Waals surface area contributed by atoms with Gasteiger partial charge in [-0.05, 0) is 69.8 Å². The number of nitrogens with zero attached hydrogens (tertiary/aromatic N) is 1. The number of carbonyl (C=O) groups is 2. The first-order chi connectivity index (χ1) is 12.4. The fraction of sp³-hybridized carbons (Fsp3) is 0.500. The van der Waals surface area contributed by atoms with Gasteiger partial charge in [0.15, 0.2) is 0 Å². The standard InChI is InChI=1S/C20H28BrN3O2/c1-15-12-17(21)8-9-18(15)23-20(26)14-24(2)13-19(25)22-11-10-16-6-4-3-5-7-16/h6,8-9,12H,3-5,7,10-11,13-14H2,1-2H3,(H,22,25)(H,23,26). The minimum absolute atomic E-state index is 0.0449. The number of hydrogen-bond acceptors (Lipinski definition) is 3. The molecule has 1 aromatic carbocycles. The molecule has 0 spiro atoms. The van der Waals surface area contributed by atoms with E-state index >= 15 is 0 Å². The van der Waals surface area contributed by atoms with E-state index in [1.807, 2.05) is 25.1 Å². The van der Waals surface area contributed by atoms with Crippen molar-refractivity contribution >= 4 is 33.4 Å². The lowest BCUT2D eigenvalue weighted by Gasteiger charge is -2.17. The van der Waals surface area contributed by atoms with Crippen LogP contribution in [0.25, 0.3) is 0 Å². The Labute approximate surface area is 164 Å². The summed E-state index contributed by atoms with van der Waals surface area (Å²) >= 11 is 3.41. The smallest absolute Gasteiger partial charge is 0.238 e. The minimum atomic E-state index is -0.127. The van der Waals surface area contributed by atoms with Gasteiger partial charge in [0.05, 0.1) is 13.1 Å². The fourth-order valence-electron chi connectivity index (χ4n) is 3.05. The van der Waals surface area contributed by atoms with Crippen LogP contribution in [0.2, 0.25) is 0 Å². The molecule has 26 heavy (non-hydrogen) atoms. The molecule has 0 unspecified atom stereocenters. The average Bonchev–Trinajstić information content (AvgIpc) is 2.58. The molecule has 0 atom stereocenters. The highest BCUT2D eigenvalue weighted by molar-refractivity contribution is 9.10. The van der Waals surface area contributed by atoms with E-state index in [-0.39, 0.29) is 24.9 Å². The molecule has 142 valence electrons. The molecule has 5 nitrogen and oxygen atoms in total. The number of carbonyl (C=O) groups excluding carboxylic acids is 2. The average molecular weight is 422 g/mol. The van der Waals surface area contributed by atoms with Gasteiger partial charge < -0.3 is 10.6 Å². The molecule has 2 rings (SSSR count). The molecule has 0 saturated carbocycles. The number of allylic oxidation sites excluding steroid dienone is 1. The number of amides is 2. The number of nitrogens with one attached hydrogen (secondary N) is 2. The zero-order chi connectivity index (χ0) is 18.9. The Morgan fingerprint density at radius 3 is 2.65 bits per heavy atom. The number of benzene rings is 1. The summed E-state index contributed by atoms with van der Waals surface area (Å²) in [6.45, 7) is 3.00. The van der Waals surface area contributed by atoms with E-state index in [0.29, 0.717) is 6.54 Å². The monoisotopic (exact) mass is 421 g/mol. The third-order valence-corrected chi connectivity index (χ3v) is 4.94. The van der Waals surface area contributed by atoms with Crippen LogP contribution in [-0.4, -0.2) is 43.4 Å². The van der Waals surface area contributed by atoms with Gasteiger partial charge in [-0.15, -0.1) is 0 Å². The molecule has 6 heteroatoms. The number of aryl methyl sites for hydroxylation is 1. The molecule has 1 aromatic rings. The third kappa shape index (κ3) is 7.30. The molecule has 0 heterocycles. The van der Waals surface area contributed by atoms with Crippen LogP contribution >= 0.6 is 15.9 Å². The van der Waals surface area contributed by atoms with Crippen LogP contribution in [0.3, 0.4) is 0 Å². The van der Waals surface area contributed by atoms with Gasteiger partial charge in [-0.25, -0.2) is 0 Å². The molecule has 0 radical (unpaired) electrons. The van der Waals surface area contributed by atoms with Gasteiger partial charge in [-0.3, -0.25) is 14.5 Å². The SMILES string of the molecule is Cc1cc(Br)ccc1NC(=O)CN(C)CC(=O)NCCC1=CCCCC1. The Bertz CT molecular complexity index is 673. The van der Waals surface area contributed by atoms with Gasteiger partial charge in [0.2, 0.25) is 11.8 Å². The van der Waals surface area contributed by atoms with E-state index in [1.54, 1.807) is 11.9 Å². The Kier molecular flexibility index (Phi) is 8.32. The first-order valence-corrected chi connectivity index (χ1v) is 9.92. The first-order valence-electron chi connectivity index (χ1n) is 9.13. The van der Waals surface area contributed by atoms with Gasteiger partial charge in [-0.1, -0.05) is 27.6 Å². The molecule has 0 fully saturated rings. The first kappa shape index (κ1) is 20.6. The molecule has 0 saturated heterocycles. The van der Waals surface area contributed by atoms with Crippen molar-refractivity contribution in [2.24, 2.45) is 0 Å². The topological polar surface area (TPSA) is 61.4 Å². The summed E-state index contributed by atoms with van der Waals surface area (Å²) < 4.78 is 0.978. The van der Waals surface area contributed by atoms with Crippen molar-refractivity contribution in [2.45, 2.75) is 39.0 Å². The predicted octanol–water partition coefficient (Wildman–Crippen LogP) is 3.63. The number of halogens is 1. The summed E-state index contributed by atoms with van der Waals surface area (Å²) in [6.07, 6.45) is 8.09. The summed E-state index contributed by atoms with van der Waals surface area (Å²) in [4.78, 5) is 25.9. The van der Waals surface area contributed by atoms with Crippen LogP contribution < -0.4 is 10.6 Å². The van der Waals surface area contributed by atoms with Crippen molar-refractivity contribution in [3.8, 4) is 0 Å². The third-order valence-electron chi connectivity index (χ3n) is 4.44. The maximum absolute atomic E-state index is 12.2. The van der Waals surface area contributed by atoms with Crippen LogP contribution in [0.15, 0.2) is 34.3 Å². The van der Waals surface area contributed by atoms with Crippen molar-refractivity contribution in [1.82, 2.24) is 10.2 Å². The van der Waals surface area contributed by atoms with E-state index in [9.17, 15) is 9.59 Å². The van der Waals surface area contributed by atoms with E-state index in [2.05, 4.69) is 32.6 Å². The van der Waals surface area contributed by atoms with Crippen molar-refractivity contribution < 1.29 is 9.59 Å². The molecule has 1 aliphatic rings. The lowest BCUT2D eigenvalue weighted by Crippen LogP contribution is -2.39. The molecule has 0 aliphatic heterocycles. The van der Waals surface area contributed by atoms with Gasteiger partial charge >= 0.3 is 0 Å². The van der Waals surface area contributed by atoms with Crippen LogP contribution in [0.5, 0.6) is 0 Å². The van der Waals surface area contributed by atoms with Crippen molar-refractivity contribution in [3.05, 3.63) is 39.9 Å². The van der Waals surface area contributed by atoms with Gasteiger partial charge in [-0.2, -0.15) is 0 Å². The molecular weight excluding hydrogens is 394 g/mol. The number of rotatable bonds is 8. The molecule has 0 aromatic heterocycles. The number of likely N-dealkylation sites (N-methyl/N-ethyl adjacent to an activating group) is 1. The highest BCUT2D eigenvalue weighted by Crippen LogP contribution is 2.20. The maximum Gasteiger partial charge on any atom is 0.238 e. The molecule has 1 aliphatic carbocycles. The van der Waals surface area contributed by atoms with Crippen molar-refractivity contribution in [2.75, 3.05) is 32.0 Å². The summed E-state index contributed by atoms with van der Waals surface area (Å²) in [7, 11) is 1.78. The van der Waals surface area contributed by atoms with Crippen molar-refractivity contribution in [3.63, 3.8) is 0 Å². The Morgan fingerprint density at radius 2 is 1.96 bits per heavy atom. The molecular formula is C20H28BrN3O2. The number of anilines is 1. The molecule has 2 amide bonds. The van der Waals surface area contributed by atoms with Gasteiger partial charge in [0.1, 0.15) is 0 Å². The molecule has 2 N–H and O–H groups in total. The van der Waals surface area contributed by atoms with Crippen LogP contribution in [-0.2, 0) is 9.59 Å². The van der Waals surface area contributed by atoms with E-state index in [4.69, 9.17) is 0 Å². The highest BCUT2D eigenvalue weighted by Gasteiger charge is 2.12. The Morgan fingerprint density at radius 1 is 1.19 bits per heavy atom. The van der Waals surface area contributed by atoms with Gasteiger partial charge in [0.25, 0.3) is 0 Å². The highest BCUT2D eigenvalue weighted by atomic mass is 79.9. The normalized spacial score (nSPS) is 14.1. The zero-order valence-electron chi connectivity index (χ0n) is 15.6. The lowest BCUT2D eigenvalue weighted by atomic mass is 9.97. The largest absolute Gasteiger partial charge is 0.355 e. The van der Waals surface area contributed by atoms with E-state index in [1.165, 1.54) is 24.8 Å². The second-order valence-corrected chi connectivity index (χ2v) is 7.80. The molecule has 0 bridgehead atoms. The predicted molar refractivity (Wildman–Crippen MR) is 109 cm³/mol. The Hall–Kier alpha value is -1.66. The second-order valence-electron chi connectivity index (χ2n) is 6.89.